The smallest absolute Gasteiger partial charge is 0.264 e. The van der Waals surface area contributed by atoms with E-state index in [0.717, 1.165) is 37.4 Å². The molecule has 1 atom stereocenters. The molecule has 2 N–H and O–H groups in total. The Bertz CT molecular complexity index is 1260. The van der Waals surface area contributed by atoms with Crippen LogP contribution in [0.4, 0.5) is 5.69 Å². The molecule has 10 heteroatoms. The number of carbonyl (C=O) groups is 2. The molecule has 0 radical (unpaired) electrons. The molecule has 1 aliphatic rings. The SMILES string of the molecule is CC(=O)NS(=O)(=O)c1ccc(NC(=O)CCSc2nc3c(cc2C#N)CC(C(C)(C)C)CC3)cc1. The Balaban J connectivity index is 1.57. The summed E-state index contributed by atoms with van der Waals surface area (Å²) in [5.74, 6) is 0.0952. The van der Waals surface area contributed by atoms with Crippen LogP contribution in [-0.4, -0.2) is 31.0 Å². The Labute approximate surface area is 211 Å². The van der Waals surface area contributed by atoms with Crippen molar-refractivity contribution in [2.45, 2.75) is 63.3 Å². The molecule has 1 aliphatic carbocycles. The Hall–Kier alpha value is -2.90. The molecule has 0 saturated carbocycles. The summed E-state index contributed by atoms with van der Waals surface area (Å²) in [5, 5.41) is 13.0. The molecule has 35 heavy (non-hydrogen) atoms. The lowest BCUT2D eigenvalue weighted by atomic mass is 9.71. The molecule has 0 bridgehead atoms. The Kier molecular flexibility index (Phi) is 8.23. The van der Waals surface area contributed by atoms with Gasteiger partial charge in [0, 0.05) is 30.5 Å². The third-order valence-electron chi connectivity index (χ3n) is 5.99. The first-order chi connectivity index (χ1) is 16.4. The van der Waals surface area contributed by atoms with E-state index < -0.39 is 15.9 Å². The number of thioether (sulfide) groups is 1. The van der Waals surface area contributed by atoms with Crippen LogP contribution in [0.15, 0.2) is 40.3 Å². The summed E-state index contributed by atoms with van der Waals surface area (Å²) in [7, 11) is -3.92. The number of hydrogen-bond donors (Lipinski definition) is 2. The zero-order chi connectivity index (χ0) is 25.8. The minimum atomic E-state index is -3.92. The van der Waals surface area contributed by atoms with E-state index in [0.29, 0.717) is 27.9 Å². The van der Waals surface area contributed by atoms with Crippen molar-refractivity contribution >= 4 is 39.3 Å². The van der Waals surface area contributed by atoms with Crippen LogP contribution in [0.5, 0.6) is 0 Å². The molecule has 1 heterocycles. The van der Waals surface area contributed by atoms with Crippen LogP contribution in [0.1, 0.15) is 57.4 Å². The van der Waals surface area contributed by atoms with Crippen LogP contribution in [0.3, 0.4) is 0 Å². The van der Waals surface area contributed by atoms with E-state index >= 15 is 0 Å². The lowest BCUT2D eigenvalue weighted by Gasteiger charge is -2.34. The summed E-state index contributed by atoms with van der Waals surface area (Å²) in [6, 6.07) is 9.76. The Morgan fingerprint density at radius 3 is 2.51 bits per heavy atom. The van der Waals surface area contributed by atoms with Crippen LogP contribution in [0.2, 0.25) is 0 Å². The van der Waals surface area contributed by atoms with Crippen LogP contribution in [0.25, 0.3) is 0 Å². The van der Waals surface area contributed by atoms with Crippen molar-refractivity contribution in [2.24, 2.45) is 11.3 Å². The molecule has 1 unspecified atom stereocenters. The zero-order valence-corrected chi connectivity index (χ0v) is 22.0. The number of anilines is 1. The molecule has 8 nitrogen and oxygen atoms in total. The van der Waals surface area contributed by atoms with Crippen molar-refractivity contribution in [3.63, 3.8) is 0 Å². The first kappa shape index (κ1) is 26.7. The van der Waals surface area contributed by atoms with E-state index in [-0.39, 0.29) is 22.6 Å². The number of nitrogens with one attached hydrogen (secondary N) is 2. The summed E-state index contributed by atoms with van der Waals surface area (Å²) >= 11 is 1.39. The van der Waals surface area contributed by atoms with Crippen molar-refractivity contribution in [3.05, 3.63) is 47.2 Å². The predicted octanol–water partition coefficient (Wildman–Crippen LogP) is 4.05. The average molecular weight is 515 g/mol. The second-order valence-electron chi connectivity index (χ2n) is 9.70. The van der Waals surface area contributed by atoms with Crippen LogP contribution in [0, 0.1) is 22.7 Å². The highest BCUT2D eigenvalue weighted by molar-refractivity contribution is 7.99. The number of pyridine rings is 1. The van der Waals surface area contributed by atoms with E-state index in [4.69, 9.17) is 4.98 Å². The molecule has 1 aromatic heterocycles. The molecule has 0 fully saturated rings. The Morgan fingerprint density at radius 2 is 1.91 bits per heavy atom. The predicted molar refractivity (Wildman–Crippen MR) is 135 cm³/mol. The van der Waals surface area contributed by atoms with Gasteiger partial charge in [0.2, 0.25) is 11.8 Å². The third-order valence-corrected chi connectivity index (χ3v) is 8.43. The van der Waals surface area contributed by atoms with Crippen LogP contribution >= 0.6 is 11.8 Å². The van der Waals surface area contributed by atoms with Crippen LogP contribution < -0.4 is 10.0 Å². The number of sulfonamides is 1. The molecular formula is C25H30N4O4S2. The summed E-state index contributed by atoms with van der Waals surface area (Å²) in [6.07, 6.45) is 3.10. The van der Waals surface area contributed by atoms with Gasteiger partial charge in [-0.05, 0) is 66.5 Å². The van der Waals surface area contributed by atoms with Gasteiger partial charge in [-0.1, -0.05) is 20.8 Å². The molecule has 0 spiro atoms. The summed E-state index contributed by atoms with van der Waals surface area (Å²) in [5.41, 5.74) is 3.40. The lowest BCUT2D eigenvalue weighted by Crippen LogP contribution is -2.28. The fraction of sp³-hybridized carbons (Fsp3) is 0.440. The maximum absolute atomic E-state index is 12.4. The van der Waals surface area contributed by atoms with Gasteiger partial charge < -0.3 is 5.32 Å². The van der Waals surface area contributed by atoms with Gasteiger partial charge in [0.15, 0.2) is 0 Å². The number of amides is 2. The van der Waals surface area contributed by atoms with Gasteiger partial charge in [0.05, 0.1) is 10.5 Å². The fourth-order valence-electron chi connectivity index (χ4n) is 4.00. The molecule has 2 amide bonds. The maximum Gasteiger partial charge on any atom is 0.264 e. The van der Waals surface area contributed by atoms with Gasteiger partial charge >= 0.3 is 0 Å². The molecule has 0 saturated heterocycles. The highest BCUT2D eigenvalue weighted by atomic mass is 32.2. The van der Waals surface area contributed by atoms with E-state index in [1.807, 2.05) is 10.8 Å². The van der Waals surface area contributed by atoms with Gasteiger partial charge in [-0.2, -0.15) is 5.26 Å². The number of nitrogens with zero attached hydrogens (tertiary/aromatic N) is 2. The number of fused-ring (bicyclic) bond motifs is 1. The number of hydrogen-bond acceptors (Lipinski definition) is 7. The minimum Gasteiger partial charge on any atom is -0.326 e. The van der Waals surface area contributed by atoms with Crippen molar-refractivity contribution in [1.82, 2.24) is 9.71 Å². The van der Waals surface area contributed by atoms with E-state index in [2.05, 4.69) is 32.2 Å². The standard InChI is InChI=1S/C25H30N4O4S2/c1-16(30)29-35(32,33)21-8-6-20(7-9-21)27-23(31)11-12-34-24-18(15-26)13-17-14-19(25(2,3)4)5-10-22(17)28-24/h6-9,13,19H,5,10-12,14H2,1-4H3,(H,27,31)(H,29,30). The van der Waals surface area contributed by atoms with Gasteiger partial charge in [-0.15, -0.1) is 11.8 Å². The van der Waals surface area contributed by atoms with Crippen molar-refractivity contribution < 1.29 is 18.0 Å². The number of aromatic nitrogens is 1. The average Bonchev–Trinajstić information content (AvgIpc) is 2.77. The molecule has 1 aromatic carbocycles. The number of rotatable bonds is 7. The van der Waals surface area contributed by atoms with Crippen LogP contribution in [-0.2, 0) is 32.5 Å². The topological polar surface area (TPSA) is 129 Å². The molecule has 3 rings (SSSR count). The quantitative estimate of drug-likeness (QED) is 0.533. The number of benzene rings is 1. The second-order valence-corrected chi connectivity index (χ2v) is 12.5. The van der Waals surface area contributed by atoms with Gasteiger partial charge in [-0.3, -0.25) is 9.59 Å². The van der Waals surface area contributed by atoms with Gasteiger partial charge in [-0.25, -0.2) is 18.1 Å². The van der Waals surface area contributed by atoms with E-state index in [1.54, 1.807) is 0 Å². The normalized spacial score (nSPS) is 15.6. The molecular weight excluding hydrogens is 484 g/mol. The Morgan fingerprint density at radius 1 is 1.23 bits per heavy atom. The second kappa shape index (κ2) is 10.8. The summed E-state index contributed by atoms with van der Waals surface area (Å²) in [4.78, 5) is 28.1. The molecule has 186 valence electrons. The first-order valence-corrected chi connectivity index (χ1v) is 13.8. The van der Waals surface area contributed by atoms with Crippen molar-refractivity contribution in [3.8, 4) is 6.07 Å². The third kappa shape index (κ3) is 7.05. The molecule has 0 aliphatic heterocycles. The largest absolute Gasteiger partial charge is 0.326 e. The zero-order valence-electron chi connectivity index (χ0n) is 20.3. The lowest BCUT2D eigenvalue weighted by molar-refractivity contribution is -0.117. The summed E-state index contributed by atoms with van der Waals surface area (Å²) in [6.45, 7) is 7.86. The monoisotopic (exact) mass is 514 g/mol. The van der Waals surface area contributed by atoms with Gasteiger partial charge in [0.25, 0.3) is 10.0 Å². The minimum absolute atomic E-state index is 0.0717. The van der Waals surface area contributed by atoms with E-state index in [9.17, 15) is 23.3 Å². The number of nitriles is 1. The highest BCUT2D eigenvalue weighted by Gasteiger charge is 2.30. The van der Waals surface area contributed by atoms with E-state index in [1.165, 1.54) is 36.0 Å². The van der Waals surface area contributed by atoms with Crippen molar-refractivity contribution in [1.29, 1.82) is 5.26 Å². The fourth-order valence-corrected chi connectivity index (χ4v) is 5.91. The number of carbonyl (C=O) groups excluding carboxylic acids is 2. The highest BCUT2D eigenvalue weighted by Crippen LogP contribution is 2.38. The van der Waals surface area contributed by atoms with Gasteiger partial charge in [0.1, 0.15) is 11.1 Å². The summed E-state index contributed by atoms with van der Waals surface area (Å²) < 4.78 is 25.9. The van der Waals surface area contributed by atoms with Crippen molar-refractivity contribution in [2.75, 3.05) is 11.1 Å². The first-order valence-electron chi connectivity index (χ1n) is 11.4. The maximum atomic E-state index is 12.4. The number of aryl methyl sites for hydroxylation is 1. The molecule has 2 aromatic rings.